The van der Waals surface area contributed by atoms with E-state index in [9.17, 15) is 9.59 Å². The first-order valence-electron chi connectivity index (χ1n) is 6.32. The average Bonchev–Trinajstić information content (AvgIpc) is 2.86. The van der Waals surface area contributed by atoms with E-state index >= 15 is 0 Å². The van der Waals surface area contributed by atoms with Crippen LogP contribution in [0, 0.1) is 0 Å². The standard InChI is InChI=1S/C16H12N2O2S/c17-16(20)14-15(21-11-4-2-1-3-5-11)12-7-6-10(9-19)8-13(12)18-14/h1-9,18H,(H2,17,20). The zero-order valence-corrected chi connectivity index (χ0v) is 11.8. The number of rotatable bonds is 4. The molecule has 0 unspecified atom stereocenters. The van der Waals surface area contributed by atoms with Crippen molar-refractivity contribution in [1.82, 2.24) is 4.98 Å². The van der Waals surface area contributed by atoms with Gasteiger partial charge in [-0.25, -0.2) is 0 Å². The molecule has 0 fully saturated rings. The fourth-order valence-electron chi connectivity index (χ4n) is 2.15. The zero-order valence-electron chi connectivity index (χ0n) is 11.0. The largest absolute Gasteiger partial charge is 0.364 e. The molecule has 2 aromatic carbocycles. The van der Waals surface area contributed by atoms with Gasteiger partial charge in [-0.2, -0.15) is 0 Å². The maximum Gasteiger partial charge on any atom is 0.266 e. The van der Waals surface area contributed by atoms with E-state index in [0.717, 1.165) is 27.0 Å². The van der Waals surface area contributed by atoms with Gasteiger partial charge in [0.15, 0.2) is 0 Å². The first-order valence-corrected chi connectivity index (χ1v) is 7.14. The fraction of sp³-hybridized carbons (Fsp3) is 0. The lowest BCUT2D eigenvalue weighted by Crippen LogP contribution is -2.12. The Morgan fingerprint density at radius 2 is 1.90 bits per heavy atom. The zero-order chi connectivity index (χ0) is 14.8. The molecule has 0 radical (unpaired) electrons. The Labute approximate surface area is 125 Å². The summed E-state index contributed by atoms with van der Waals surface area (Å²) >= 11 is 1.47. The van der Waals surface area contributed by atoms with Crippen molar-refractivity contribution in [3.63, 3.8) is 0 Å². The maximum absolute atomic E-state index is 11.6. The summed E-state index contributed by atoms with van der Waals surface area (Å²) in [5.41, 5.74) is 7.09. The summed E-state index contributed by atoms with van der Waals surface area (Å²) in [6.07, 6.45) is 0.772. The van der Waals surface area contributed by atoms with Crippen LogP contribution in [0.5, 0.6) is 0 Å². The number of carbonyl (C=O) groups is 2. The molecule has 3 N–H and O–H groups in total. The topological polar surface area (TPSA) is 76.0 Å². The number of benzene rings is 2. The molecule has 0 aliphatic rings. The molecule has 1 amide bonds. The number of primary amides is 1. The van der Waals surface area contributed by atoms with Gasteiger partial charge in [0.25, 0.3) is 5.91 Å². The quantitative estimate of drug-likeness (QED) is 0.726. The van der Waals surface area contributed by atoms with Gasteiger partial charge in [0.05, 0.1) is 4.90 Å². The van der Waals surface area contributed by atoms with E-state index in [-0.39, 0.29) is 0 Å². The van der Waals surface area contributed by atoms with Crippen LogP contribution in [-0.2, 0) is 0 Å². The number of H-pyrrole nitrogens is 1. The van der Waals surface area contributed by atoms with Crippen LogP contribution in [-0.4, -0.2) is 17.2 Å². The minimum Gasteiger partial charge on any atom is -0.364 e. The van der Waals surface area contributed by atoms with Crippen LogP contribution < -0.4 is 5.73 Å². The highest BCUT2D eigenvalue weighted by Gasteiger charge is 2.17. The number of hydrogen-bond acceptors (Lipinski definition) is 3. The van der Waals surface area contributed by atoms with Crippen LogP contribution in [0.2, 0.25) is 0 Å². The third kappa shape index (κ3) is 2.55. The molecule has 0 aliphatic heterocycles. The van der Waals surface area contributed by atoms with E-state index in [1.165, 1.54) is 11.8 Å². The van der Waals surface area contributed by atoms with E-state index in [1.807, 2.05) is 36.4 Å². The number of aldehydes is 1. The molecule has 0 aliphatic carbocycles. The smallest absolute Gasteiger partial charge is 0.266 e. The Balaban J connectivity index is 2.16. The van der Waals surface area contributed by atoms with Crippen LogP contribution in [0.1, 0.15) is 20.8 Å². The molecule has 1 heterocycles. The molecule has 5 heteroatoms. The summed E-state index contributed by atoms with van der Waals surface area (Å²) < 4.78 is 0. The molecular formula is C16H12N2O2S. The molecule has 104 valence electrons. The van der Waals surface area contributed by atoms with E-state index in [2.05, 4.69) is 4.98 Å². The average molecular weight is 296 g/mol. The lowest BCUT2D eigenvalue weighted by Gasteiger charge is -2.02. The third-order valence-electron chi connectivity index (χ3n) is 3.12. The summed E-state index contributed by atoms with van der Waals surface area (Å²) in [5, 5.41) is 0.878. The van der Waals surface area contributed by atoms with Crippen LogP contribution in [0.25, 0.3) is 10.9 Å². The van der Waals surface area contributed by atoms with Crippen molar-refractivity contribution >= 4 is 34.9 Å². The number of aromatic amines is 1. The molecule has 4 nitrogen and oxygen atoms in total. The Hall–Kier alpha value is -2.53. The number of aromatic nitrogens is 1. The molecule has 0 spiro atoms. The molecule has 21 heavy (non-hydrogen) atoms. The van der Waals surface area contributed by atoms with Crippen LogP contribution in [0.4, 0.5) is 0 Å². The lowest BCUT2D eigenvalue weighted by molar-refractivity contribution is 0.0993. The van der Waals surface area contributed by atoms with Gasteiger partial charge in [-0.3, -0.25) is 9.59 Å². The van der Waals surface area contributed by atoms with Crippen molar-refractivity contribution < 1.29 is 9.59 Å². The Morgan fingerprint density at radius 1 is 1.14 bits per heavy atom. The highest BCUT2D eigenvalue weighted by Crippen LogP contribution is 2.36. The number of amides is 1. The third-order valence-corrected chi connectivity index (χ3v) is 4.26. The van der Waals surface area contributed by atoms with Crippen molar-refractivity contribution in [3.05, 3.63) is 59.8 Å². The van der Waals surface area contributed by atoms with Gasteiger partial charge in [0, 0.05) is 21.4 Å². The molecular weight excluding hydrogens is 284 g/mol. The summed E-state index contributed by atoms with van der Waals surface area (Å²) in [4.78, 5) is 27.3. The number of carbonyl (C=O) groups excluding carboxylic acids is 2. The number of nitrogens with two attached hydrogens (primary N) is 1. The van der Waals surface area contributed by atoms with Crippen molar-refractivity contribution in [2.45, 2.75) is 9.79 Å². The normalized spacial score (nSPS) is 10.7. The van der Waals surface area contributed by atoms with Gasteiger partial charge in [0.2, 0.25) is 0 Å². The van der Waals surface area contributed by atoms with Gasteiger partial charge in [-0.1, -0.05) is 42.1 Å². The van der Waals surface area contributed by atoms with E-state index in [4.69, 9.17) is 5.73 Å². The van der Waals surface area contributed by atoms with E-state index < -0.39 is 5.91 Å². The van der Waals surface area contributed by atoms with Crippen molar-refractivity contribution in [3.8, 4) is 0 Å². The predicted octanol–water partition coefficient (Wildman–Crippen LogP) is 3.23. The monoisotopic (exact) mass is 296 g/mol. The second kappa shape index (κ2) is 5.46. The van der Waals surface area contributed by atoms with Crippen LogP contribution >= 0.6 is 11.8 Å². The summed E-state index contributed by atoms with van der Waals surface area (Å²) in [5.74, 6) is -0.516. The fourth-order valence-corrected chi connectivity index (χ4v) is 3.22. The van der Waals surface area contributed by atoms with Gasteiger partial charge in [-0.15, -0.1) is 0 Å². The molecule has 1 aromatic heterocycles. The minimum absolute atomic E-state index is 0.363. The van der Waals surface area contributed by atoms with Crippen LogP contribution in [0.15, 0.2) is 58.3 Å². The van der Waals surface area contributed by atoms with Crippen LogP contribution in [0.3, 0.4) is 0 Å². The number of hydrogen-bond donors (Lipinski definition) is 2. The van der Waals surface area contributed by atoms with Crippen molar-refractivity contribution in [2.75, 3.05) is 0 Å². The SMILES string of the molecule is NC(=O)c1[nH]c2cc(C=O)ccc2c1Sc1ccccc1. The molecule has 0 bridgehead atoms. The molecule has 0 saturated heterocycles. The first-order chi connectivity index (χ1) is 10.2. The first kappa shape index (κ1) is 13.5. The second-order valence-electron chi connectivity index (χ2n) is 4.53. The maximum atomic E-state index is 11.6. The number of fused-ring (bicyclic) bond motifs is 1. The summed E-state index contributed by atoms with van der Waals surface area (Å²) in [6, 6.07) is 15.0. The Kier molecular flexibility index (Phi) is 3.50. The second-order valence-corrected chi connectivity index (χ2v) is 5.62. The highest BCUT2D eigenvalue weighted by molar-refractivity contribution is 7.99. The van der Waals surface area contributed by atoms with Gasteiger partial charge in [-0.05, 0) is 18.2 Å². The van der Waals surface area contributed by atoms with E-state index in [0.29, 0.717) is 11.3 Å². The van der Waals surface area contributed by atoms with Gasteiger partial charge >= 0.3 is 0 Å². The van der Waals surface area contributed by atoms with E-state index in [1.54, 1.807) is 12.1 Å². The molecule has 3 aromatic rings. The molecule has 0 saturated carbocycles. The van der Waals surface area contributed by atoms with Gasteiger partial charge in [0.1, 0.15) is 12.0 Å². The molecule has 0 atom stereocenters. The Morgan fingerprint density at radius 3 is 2.57 bits per heavy atom. The lowest BCUT2D eigenvalue weighted by atomic mass is 10.2. The Bertz CT molecular complexity index is 825. The van der Waals surface area contributed by atoms with Gasteiger partial charge < -0.3 is 10.7 Å². The van der Waals surface area contributed by atoms with Crippen molar-refractivity contribution in [2.24, 2.45) is 5.73 Å². The number of nitrogens with one attached hydrogen (secondary N) is 1. The summed E-state index contributed by atoms with van der Waals surface area (Å²) in [6.45, 7) is 0. The highest BCUT2D eigenvalue weighted by atomic mass is 32.2. The summed E-state index contributed by atoms with van der Waals surface area (Å²) in [7, 11) is 0. The minimum atomic E-state index is -0.516. The van der Waals surface area contributed by atoms with Crippen molar-refractivity contribution in [1.29, 1.82) is 0 Å². The molecule has 3 rings (SSSR count). The predicted molar refractivity (Wildman–Crippen MR) is 82.8 cm³/mol.